The molecule has 0 bridgehead atoms. The summed E-state index contributed by atoms with van der Waals surface area (Å²) in [6.07, 6.45) is 9.17. The maximum absolute atomic E-state index is 12.1. The first-order valence-electron chi connectivity index (χ1n) is 6.31. The molecule has 1 aliphatic rings. The summed E-state index contributed by atoms with van der Waals surface area (Å²) in [5, 5.41) is 0. The van der Waals surface area contributed by atoms with Crippen LogP contribution >= 0.6 is 0 Å². The summed E-state index contributed by atoms with van der Waals surface area (Å²) in [6.45, 7) is 0. The number of rotatable bonds is 4. The van der Waals surface area contributed by atoms with Crippen LogP contribution in [-0.2, 0) is 9.53 Å². The molecule has 1 aromatic carbocycles. The van der Waals surface area contributed by atoms with E-state index in [-0.39, 0.29) is 17.8 Å². The Hall–Kier alpha value is -2.03. The van der Waals surface area contributed by atoms with Gasteiger partial charge >= 0.3 is 5.97 Å². The maximum Gasteiger partial charge on any atom is 0.314 e. The number of esters is 1. The molecule has 0 unspecified atom stereocenters. The van der Waals surface area contributed by atoms with Crippen molar-refractivity contribution < 1.29 is 14.3 Å². The van der Waals surface area contributed by atoms with Crippen molar-refractivity contribution in [3.8, 4) is 5.75 Å². The molecule has 19 heavy (non-hydrogen) atoms. The Balaban J connectivity index is 2.36. The van der Waals surface area contributed by atoms with Crippen LogP contribution in [0.25, 0.3) is 0 Å². The first-order chi connectivity index (χ1) is 9.26. The third-order valence-electron chi connectivity index (χ3n) is 3.28. The van der Waals surface area contributed by atoms with Crippen LogP contribution in [0.5, 0.6) is 5.75 Å². The molecule has 0 fully saturated rings. The van der Waals surface area contributed by atoms with Gasteiger partial charge in [0.2, 0.25) is 0 Å². The molecule has 1 aromatic rings. The van der Waals surface area contributed by atoms with Crippen molar-refractivity contribution in [2.45, 2.75) is 12.3 Å². The molecule has 2 rings (SSSR count). The van der Waals surface area contributed by atoms with Crippen molar-refractivity contribution in [2.75, 3.05) is 14.2 Å². The highest BCUT2D eigenvalue weighted by Gasteiger charge is 2.28. The zero-order valence-corrected chi connectivity index (χ0v) is 11.2. The number of benzene rings is 1. The minimum absolute atomic E-state index is 0.0355. The zero-order valence-electron chi connectivity index (χ0n) is 11.2. The molecular weight excluding hydrogens is 240 g/mol. The molecule has 1 aliphatic carbocycles. The zero-order chi connectivity index (χ0) is 13.7. The second-order valence-electron chi connectivity index (χ2n) is 4.45. The van der Waals surface area contributed by atoms with Gasteiger partial charge in [0.15, 0.2) is 0 Å². The third-order valence-corrected chi connectivity index (χ3v) is 3.28. The lowest BCUT2D eigenvalue weighted by atomic mass is 9.83. The summed E-state index contributed by atoms with van der Waals surface area (Å²) < 4.78 is 10.2. The number of carbonyl (C=O) groups is 1. The van der Waals surface area contributed by atoms with Gasteiger partial charge in [-0.2, -0.15) is 0 Å². The maximum atomic E-state index is 12.1. The smallest absolute Gasteiger partial charge is 0.314 e. The standard InChI is InChI=1S/C16H18O3/c1-18-14-10-6-9-13(11-14)15(16(17)19-2)12-7-4-3-5-8-12/h4-12,15H,3H2,1-2H3/t15-/m0/s1. The number of methoxy groups -OCH3 is 2. The predicted molar refractivity (Wildman–Crippen MR) is 74.1 cm³/mol. The van der Waals surface area contributed by atoms with Gasteiger partial charge in [0.1, 0.15) is 5.75 Å². The SMILES string of the molecule is COC(=O)[C@H](c1cccc(OC)c1)C1C=CCC=C1. The lowest BCUT2D eigenvalue weighted by molar-refractivity contribution is -0.143. The fraction of sp³-hybridized carbons (Fsp3) is 0.312. The summed E-state index contributed by atoms with van der Waals surface area (Å²) in [5.41, 5.74) is 0.910. The van der Waals surface area contributed by atoms with Crippen molar-refractivity contribution in [3.05, 3.63) is 54.1 Å². The summed E-state index contributed by atoms with van der Waals surface area (Å²) in [7, 11) is 3.04. The molecule has 3 heteroatoms. The Bertz CT molecular complexity index is 490. The van der Waals surface area contributed by atoms with E-state index in [0.29, 0.717) is 0 Å². The Morgan fingerprint density at radius 3 is 2.63 bits per heavy atom. The molecular formula is C16H18O3. The Kier molecular flexibility index (Phi) is 4.39. The van der Waals surface area contributed by atoms with E-state index in [1.54, 1.807) is 7.11 Å². The van der Waals surface area contributed by atoms with Gasteiger partial charge in [0.25, 0.3) is 0 Å². The van der Waals surface area contributed by atoms with Gasteiger partial charge in [-0.05, 0) is 24.1 Å². The number of allylic oxidation sites excluding steroid dienone is 4. The van der Waals surface area contributed by atoms with Crippen LogP contribution in [-0.4, -0.2) is 20.2 Å². The topological polar surface area (TPSA) is 35.5 Å². The van der Waals surface area contributed by atoms with Gasteiger partial charge in [0.05, 0.1) is 20.1 Å². The van der Waals surface area contributed by atoms with Crippen LogP contribution in [0.2, 0.25) is 0 Å². The molecule has 0 aromatic heterocycles. The number of hydrogen-bond acceptors (Lipinski definition) is 3. The summed E-state index contributed by atoms with van der Waals surface area (Å²) in [4.78, 5) is 12.1. The lowest BCUT2D eigenvalue weighted by Crippen LogP contribution is -2.21. The van der Waals surface area contributed by atoms with Gasteiger partial charge < -0.3 is 9.47 Å². The second-order valence-corrected chi connectivity index (χ2v) is 4.45. The van der Waals surface area contributed by atoms with Crippen molar-refractivity contribution in [1.29, 1.82) is 0 Å². The van der Waals surface area contributed by atoms with Gasteiger partial charge in [-0.3, -0.25) is 4.79 Å². The first-order valence-corrected chi connectivity index (χ1v) is 6.31. The number of ether oxygens (including phenoxy) is 2. The molecule has 3 nitrogen and oxygen atoms in total. The van der Waals surface area contributed by atoms with Gasteiger partial charge in [-0.15, -0.1) is 0 Å². The normalized spacial score (nSPS) is 16.1. The van der Waals surface area contributed by atoms with E-state index >= 15 is 0 Å². The lowest BCUT2D eigenvalue weighted by Gasteiger charge is -2.22. The highest BCUT2D eigenvalue weighted by atomic mass is 16.5. The first kappa shape index (κ1) is 13.4. The van der Waals surface area contributed by atoms with Gasteiger partial charge in [0, 0.05) is 5.92 Å². The average Bonchev–Trinajstić information content (AvgIpc) is 2.48. The van der Waals surface area contributed by atoms with Crippen LogP contribution in [0.1, 0.15) is 17.9 Å². The third kappa shape index (κ3) is 3.05. The number of hydrogen-bond donors (Lipinski definition) is 0. The van der Waals surface area contributed by atoms with Crippen LogP contribution in [0.4, 0.5) is 0 Å². The molecule has 0 amide bonds. The number of carbonyl (C=O) groups excluding carboxylic acids is 1. The fourth-order valence-electron chi connectivity index (χ4n) is 2.31. The Morgan fingerprint density at radius 2 is 2.00 bits per heavy atom. The molecule has 0 spiro atoms. The highest BCUT2D eigenvalue weighted by molar-refractivity contribution is 5.79. The van der Waals surface area contributed by atoms with Gasteiger partial charge in [-0.1, -0.05) is 36.4 Å². The fourth-order valence-corrected chi connectivity index (χ4v) is 2.31. The van der Waals surface area contributed by atoms with Crippen molar-refractivity contribution in [2.24, 2.45) is 5.92 Å². The Labute approximate surface area is 113 Å². The van der Waals surface area contributed by atoms with Crippen LogP contribution in [0.3, 0.4) is 0 Å². The van der Waals surface area contributed by atoms with Crippen molar-refractivity contribution in [1.82, 2.24) is 0 Å². The van der Waals surface area contributed by atoms with E-state index in [2.05, 4.69) is 24.3 Å². The van der Waals surface area contributed by atoms with Crippen LogP contribution in [0.15, 0.2) is 48.6 Å². The molecule has 0 heterocycles. The van der Waals surface area contributed by atoms with Crippen LogP contribution < -0.4 is 4.74 Å². The van der Waals surface area contributed by atoms with Gasteiger partial charge in [-0.25, -0.2) is 0 Å². The van der Waals surface area contributed by atoms with E-state index in [4.69, 9.17) is 9.47 Å². The Morgan fingerprint density at radius 1 is 1.26 bits per heavy atom. The monoisotopic (exact) mass is 258 g/mol. The summed E-state index contributed by atoms with van der Waals surface area (Å²) in [6, 6.07) is 7.57. The largest absolute Gasteiger partial charge is 0.497 e. The highest BCUT2D eigenvalue weighted by Crippen LogP contribution is 2.32. The van der Waals surface area contributed by atoms with E-state index in [1.165, 1.54) is 7.11 Å². The minimum atomic E-state index is -0.326. The predicted octanol–water partition coefficient (Wildman–Crippen LogP) is 3.08. The molecule has 0 radical (unpaired) electrons. The van der Waals surface area contributed by atoms with E-state index < -0.39 is 0 Å². The molecule has 0 aliphatic heterocycles. The van der Waals surface area contributed by atoms with Crippen LogP contribution in [0, 0.1) is 5.92 Å². The molecule has 0 saturated carbocycles. The average molecular weight is 258 g/mol. The second kappa shape index (κ2) is 6.23. The van der Waals surface area contributed by atoms with E-state index in [1.807, 2.05) is 24.3 Å². The summed E-state index contributed by atoms with van der Waals surface area (Å²) >= 11 is 0. The molecule has 100 valence electrons. The molecule has 1 atom stereocenters. The minimum Gasteiger partial charge on any atom is -0.497 e. The quantitative estimate of drug-likeness (QED) is 0.615. The van der Waals surface area contributed by atoms with Crippen molar-refractivity contribution >= 4 is 5.97 Å². The summed E-state index contributed by atoms with van der Waals surface area (Å²) in [5.74, 6) is 0.228. The van der Waals surface area contributed by atoms with Crippen molar-refractivity contribution in [3.63, 3.8) is 0 Å². The molecule has 0 saturated heterocycles. The molecule has 0 N–H and O–H groups in total. The van der Waals surface area contributed by atoms with E-state index in [9.17, 15) is 4.79 Å². The van der Waals surface area contributed by atoms with E-state index in [0.717, 1.165) is 17.7 Å².